The average Bonchev–Trinajstić information content (AvgIpc) is 2.42. The van der Waals surface area contributed by atoms with E-state index in [9.17, 15) is 0 Å². The predicted molar refractivity (Wildman–Crippen MR) is 71.7 cm³/mol. The molecule has 0 atom stereocenters. The average molecular weight is 261 g/mol. The first kappa shape index (κ1) is 12.8. The fraction of sp³-hybridized carbons (Fsp3) is 0.333. The van der Waals surface area contributed by atoms with E-state index >= 15 is 0 Å². The molecule has 6 heteroatoms. The third-order valence-corrected chi connectivity index (χ3v) is 3.35. The summed E-state index contributed by atoms with van der Waals surface area (Å²) in [5.41, 5.74) is 1.14. The normalized spacial score (nSPS) is 10.3. The Bertz CT molecular complexity index is 503. The van der Waals surface area contributed by atoms with Gasteiger partial charge in [0.05, 0.1) is 6.20 Å². The van der Waals surface area contributed by atoms with E-state index in [0.717, 1.165) is 34.3 Å². The maximum Gasteiger partial charge on any atom is 0.133 e. The first-order chi connectivity index (χ1) is 8.85. The van der Waals surface area contributed by atoms with Crippen LogP contribution in [-0.4, -0.2) is 27.0 Å². The van der Waals surface area contributed by atoms with E-state index in [1.165, 1.54) is 11.8 Å². The van der Waals surface area contributed by atoms with E-state index in [0.29, 0.717) is 0 Å². The first-order valence-corrected chi connectivity index (χ1v) is 6.62. The molecule has 2 aromatic heterocycles. The SMILES string of the molecule is CCCc1c(NC)ncnc1Sc1cnccn1. The lowest BCUT2D eigenvalue weighted by Gasteiger charge is -2.10. The highest BCUT2D eigenvalue weighted by Gasteiger charge is 2.11. The molecule has 5 nitrogen and oxygen atoms in total. The minimum absolute atomic E-state index is 0.843. The van der Waals surface area contributed by atoms with Crippen LogP contribution in [0.1, 0.15) is 18.9 Å². The minimum atomic E-state index is 0.843. The molecular weight excluding hydrogens is 246 g/mol. The van der Waals surface area contributed by atoms with Gasteiger partial charge in [-0.2, -0.15) is 0 Å². The zero-order valence-electron chi connectivity index (χ0n) is 10.4. The second-order valence-corrected chi connectivity index (χ2v) is 4.66. The third kappa shape index (κ3) is 2.95. The van der Waals surface area contributed by atoms with E-state index in [4.69, 9.17) is 0 Å². The monoisotopic (exact) mass is 261 g/mol. The van der Waals surface area contributed by atoms with Crippen LogP contribution in [0, 0.1) is 0 Å². The Kier molecular flexibility index (Phi) is 4.46. The summed E-state index contributed by atoms with van der Waals surface area (Å²) >= 11 is 1.52. The summed E-state index contributed by atoms with van der Waals surface area (Å²) in [5, 5.41) is 4.89. The molecule has 0 radical (unpaired) electrons. The molecule has 2 rings (SSSR count). The molecule has 0 amide bonds. The Morgan fingerprint density at radius 2 is 2.11 bits per heavy atom. The molecule has 94 valence electrons. The molecule has 0 fully saturated rings. The van der Waals surface area contributed by atoms with Crippen LogP contribution < -0.4 is 5.32 Å². The van der Waals surface area contributed by atoms with Crippen molar-refractivity contribution in [3.05, 3.63) is 30.5 Å². The largest absolute Gasteiger partial charge is 0.373 e. The number of nitrogens with zero attached hydrogens (tertiary/aromatic N) is 4. The zero-order valence-corrected chi connectivity index (χ0v) is 11.2. The van der Waals surface area contributed by atoms with Crippen LogP contribution in [0.15, 0.2) is 35.0 Å². The van der Waals surface area contributed by atoms with E-state index in [2.05, 4.69) is 32.2 Å². The van der Waals surface area contributed by atoms with Gasteiger partial charge >= 0.3 is 0 Å². The Morgan fingerprint density at radius 1 is 1.22 bits per heavy atom. The van der Waals surface area contributed by atoms with Crippen molar-refractivity contribution in [2.75, 3.05) is 12.4 Å². The molecule has 0 saturated heterocycles. The van der Waals surface area contributed by atoms with Crippen molar-refractivity contribution in [3.8, 4) is 0 Å². The van der Waals surface area contributed by atoms with Gasteiger partial charge < -0.3 is 5.32 Å². The number of nitrogens with one attached hydrogen (secondary N) is 1. The molecule has 0 unspecified atom stereocenters. The van der Waals surface area contributed by atoms with E-state index in [-0.39, 0.29) is 0 Å². The smallest absolute Gasteiger partial charge is 0.133 e. The lowest BCUT2D eigenvalue weighted by molar-refractivity contribution is 0.857. The van der Waals surface area contributed by atoms with Gasteiger partial charge in [0.15, 0.2) is 0 Å². The fourth-order valence-corrected chi connectivity index (χ4v) is 2.46. The Morgan fingerprint density at radius 3 is 2.78 bits per heavy atom. The molecule has 0 aliphatic carbocycles. The van der Waals surface area contributed by atoms with Gasteiger partial charge in [0.1, 0.15) is 22.2 Å². The van der Waals surface area contributed by atoms with Crippen molar-refractivity contribution < 1.29 is 0 Å². The number of aromatic nitrogens is 4. The molecule has 18 heavy (non-hydrogen) atoms. The second-order valence-electron chi connectivity index (χ2n) is 3.65. The van der Waals surface area contributed by atoms with Gasteiger partial charge in [0.25, 0.3) is 0 Å². The molecule has 0 bridgehead atoms. The first-order valence-electron chi connectivity index (χ1n) is 5.80. The molecule has 0 spiro atoms. The molecule has 0 aliphatic heterocycles. The van der Waals surface area contributed by atoms with Crippen LogP contribution >= 0.6 is 11.8 Å². The minimum Gasteiger partial charge on any atom is -0.373 e. The van der Waals surface area contributed by atoms with E-state index < -0.39 is 0 Å². The van der Waals surface area contributed by atoms with Gasteiger partial charge in [-0.1, -0.05) is 13.3 Å². The van der Waals surface area contributed by atoms with Crippen molar-refractivity contribution in [2.24, 2.45) is 0 Å². The molecule has 0 aromatic carbocycles. The number of rotatable bonds is 5. The predicted octanol–water partition coefficient (Wildman–Crippen LogP) is 2.41. The van der Waals surface area contributed by atoms with Crippen molar-refractivity contribution in [3.63, 3.8) is 0 Å². The van der Waals surface area contributed by atoms with E-state index in [1.54, 1.807) is 24.9 Å². The summed E-state index contributed by atoms with van der Waals surface area (Å²) < 4.78 is 0. The molecule has 2 heterocycles. The number of anilines is 1. The standard InChI is InChI=1S/C12H15N5S/c1-3-4-9-11(13-2)16-8-17-12(9)18-10-7-14-5-6-15-10/h5-8H,3-4H2,1-2H3,(H,13,16,17). The summed E-state index contributed by atoms with van der Waals surface area (Å²) in [7, 11) is 1.87. The summed E-state index contributed by atoms with van der Waals surface area (Å²) in [6.07, 6.45) is 8.65. The summed E-state index contributed by atoms with van der Waals surface area (Å²) in [6.45, 7) is 2.14. The maximum atomic E-state index is 4.35. The van der Waals surface area contributed by atoms with Crippen LogP contribution in [0.3, 0.4) is 0 Å². The summed E-state index contributed by atoms with van der Waals surface area (Å²) in [4.78, 5) is 16.9. The molecule has 2 aromatic rings. The molecule has 0 saturated carbocycles. The van der Waals surface area contributed by atoms with Gasteiger partial charge in [-0.15, -0.1) is 0 Å². The molecule has 1 N–H and O–H groups in total. The zero-order chi connectivity index (χ0) is 12.8. The van der Waals surface area contributed by atoms with Crippen LogP contribution in [0.4, 0.5) is 5.82 Å². The lowest BCUT2D eigenvalue weighted by atomic mass is 10.2. The molecule has 0 aliphatic rings. The van der Waals surface area contributed by atoms with Gasteiger partial charge in [0, 0.05) is 25.0 Å². The van der Waals surface area contributed by atoms with Gasteiger partial charge in [0.2, 0.25) is 0 Å². The van der Waals surface area contributed by atoms with Crippen LogP contribution in [0.2, 0.25) is 0 Å². The number of hydrogen-bond acceptors (Lipinski definition) is 6. The van der Waals surface area contributed by atoms with Crippen molar-refractivity contribution in [1.29, 1.82) is 0 Å². The van der Waals surface area contributed by atoms with Crippen LogP contribution in [0.5, 0.6) is 0 Å². The Balaban J connectivity index is 2.32. The third-order valence-electron chi connectivity index (χ3n) is 2.38. The number of hydrogen-bond donors (Lipinski definition) is 1. The van der Waals surface area contributed by atoms with Gasteiger partial charge in [-0.05, 0) is 18.2 Å². The maximum absolute atomic E-state index is 4.35. The van der Waals surface area contributed by atoms with Gasteiger partial charge in [-0.3, -0.25) is 4.98 Å². The van der Waals surface area contributed by atoms with Crippen molar-refractivity contribution in [2.45, 2.75) is 29.8 Å². The topological polar surface area (TPSA) is 63.6 Å². The Hall–Kier alpha value is -1.69. The highest BCUT2D eigenvalue weighted by molar-refractivity contribution is 7.99. The fourth-order valence-electron chi connectivity index (χ4n) is 1.61. The van der Waals surface area contributed by atoms with Crippen LogP contribution in [-0.2, 0) is 6.42 Å². The van der Waals surface area contributed by atoms with Crippen molar-refractivity contribution in [1.82, 2.24) is 19.9 Å². The highest BCUT2D eigenvalue weighted by atomic mass is 32.2. The van der Waals surface area contributed by atoms with Gasteiger partial charge in [-0.25, -0.2) is 15.0 Å². The summed E-state index contributed by atoms with van der Waals surface area (Å²) in [5.74, 6) is 0.887. The second kappa shape index (κ2) is 6.30. The Labute approximate surface area is 110 Å². The molecular formula is C12H15N5S. The van der Waals surface area contributed by atoms with E-state index in [1.807, 2.05) is 7.05 Å². The van der Waals surface area contributed by atoms with Crippen molar-refractivity contribution >= 4 is 17.6 Å². The summed E-state index contributed by atoms with van der Waals surface area (Å²) in [6, 6.07) is 0. The highest BCUT2D eigenvalue weighted by Crippen LogP contribution is 2.30. The van der Waals surface area contributed by atoms with Crippen LogP contribution in [0.25, 0.3) is 0 Å². The quantitative estimate of drug-likeness (QED) is 0.834. The lowest BCUT2D eigenvalue weighted by Crippen LogP contribution is -2.02.